The molecule has 0 aromatic heterocycles. The molecule has 0 heterocycles. The number of aryl methyl sites for hydroxylation is 1. The molecule has 0 saturated heterocycles. The van der Waals surface area contributed by atoms with E-state index >= 15 is 0 Å². The fourth-order valence-corrected chi connectivity index (χ4v) is 13.5. The Morgan fingerprint density at radius 3 is 1.44 bits per heavy atom. The average Bonchev–Trinajstić information content (AvgIpc) is 2.88. The molecule has 3 nitrogen and oxygen atoms in total. The van der Waals surface area contributed by atoms with Crippen LogP contribution in [-0.4, -0.2) is 14.6 Å². The fraction of sp³-hybridized carbons (Fsp3) is 0.172. The Morgan fingerprint density at radius 1 is 0.647 bits per heavy atom. The van der Waals surface area contributed by atoms with E-state index in [1.807, 2.05) is 110 Å². The summed E-state index contributed by atoms with van der Waals surface area (Å²) in [5, 5.41) is 2.74. The zero-order valence-corrected chi connectivity index (χ0v) is 21.4. The second-order valence-corrected chi connectivity index (χ2v) is 15.0. The molecule has 34 heavy (non-hydrogen) atoms. The predicted octanol–water partition coefficient (Wildman–Crippen LogP) is 5.95. The summed E-state index contributed by atoms with van der Waals surface area (Å²) in [6.07, 6.45) is 2.32. The van der Waals surface area contributed by atoms with Gasteiger partial charge in [-0.2, -0.15) is 0 Å². The Bertz CT molecular complexity index is 1220. The normalized spacial score (nSPS) is 13.2. The van der Waals surface area contributed by atoms with E-state index in [-0.39, 0.29) is 4.90 Å². The van der Waals surface area contributed by atoms with E-state index in [1.54, 1.807) is 12.1 Å². The van der Waals surface area contributed by atoms with Crippen molar-refractivity contribution < 1.29 is 12.4 Å². The molecule has 176 valence electrons. The van der Waals surface area contributed by atoms with Gasteiger partial charge in [-0.15, -0.1) is 0 Å². The molecule has 0 aliphatic rings. The Hall–Kier alpha value is -2.78. The first kappa shape index (κ1) is 24.3. The van der Waals surface area contributed by atoms with Crippen LogP contribution >= 0.6 is 6.83 Å². The van der Waals surface area contributed by atoms with Crippen LogP contribution in [0, 0.1) is 6.92 Å². The van der Waals surface area contributed by atoms with Crippen molar-refractivity contribution in [1.29, 1.82) is 0 Å². The third-order valence-electron chi connectivity index (χ3n) is 6.42. The molecular formula is C29H31O3PS. The van der Waals surface area contributed by atoms with E-state index in [4.69, 9.17) is 3.97 Å². The summed E-state index contributed by atoms with van der Waals surface area (Å²) in [4.78, 5) is 0.173. The summed E-state index contributed by atoms with van der Waals surface area (Å²) >= 11 is 0. The van der Waals surface area contributed by atoms with E-state index < -0.39 is 16.9 Å². The zero-order valence-electron chi connectivity index (χ0n) is 19.7. The topological polar surface area (TPSA) is 43.4 Å². The minimum absolute atomic E-state index is 0.173. The van der Waals surface area contributed by atoms with Gasteiger partial charge in [-0.1, -0.05) is 0 Å². The monoisotopic (exact) mass is 490 g/mol. The van der Waals surface area contributed by atoms with Crippen molar-refractivity contribution in [3.63, 3.8) is 0 Å². The molecule has 0 aliphatic carbocycles. The van der Waals surface area contributed by atoms with Crippen molar-refractivity contribution in [1.82, 2.24) is 0 Å². The van der Waals surface area contributed by atoms with Crippen molar-refractivity contribution in [3.05, 3.63) is 121 Å². The molecule has 0 aliphatic heterocycles. The zero-order chi connectivity index (χ0) is 24.1. The van der Waals surface area contributed by atoms with E-state index in [0.717, 1.165) is 34.3 Å². The standard InChI is InChI=1S/C29H31O3PS/c1-3-4-24-33(26-14-8-5-9-15-26,27-16-10-6-11-17-27,28-18-12-7-13-19-28)32-34(30,31)29-22-20-25(2)21-23-29/h5-23H,3-4,24H2,1-2H3. The van der Waals surface area contributed by atoms with Gasteiger partial charge in [-0.25, -0.2) is 0 Å². The number of unbranched alkanes of at least 4 members (excludes halogenated alkanes) is 1. The Balaban J connectivity index is 2.14. The first-order valence-corrected chi connectivity index (χ1v) is 15.4. The molecule has 0 fully saturated rings. The molecule has 0 N–H and O–H groups in total. The summed E-state index contributed by atoms with van der Waals surface area (Å²) in [6.45, 7) is 0.125. The van der Waals surface area contributed by atoms with E-state index in [1.165, 1.54) is 0 Å². The fourth-order valence-electron chi connectivity index (χ4n) is 4.66. The van der Waals surface area contributed by atoms with Gasteiger partial charge in [-0.3, -0.25) is 0 Å². The summed E-state index contributed by atoms with van der Waals surface area (Å²) in [6, 6.07) is 36.7. The average molecular weight is 491 g/mol. The van der Waals surface area contributed by atoms with Crippen molar-refractivity contribution >= 4 is 32.9 Å². The maximum atomic E-state index is 14.1. The third kappa shape index (κ3) is 4.22. The van der Waals surface area contributed by atoms with Gasteiger partial charge < -0.3 is 0 Å². The molecule has 0 amide bonds. The summed E-state index contributed by atoms with van der Waals surface area (Å²) < 4.78 is 34.9. The van der Waals surface area contributed by atoms with E-state index in [9.17, 15) is 8.42 Å². The van der Waals surface area contributed by atoms with Crippen LogP contribution in [0.2, 0.25) is 0 Å². The van der Waals surface area contributed by atoms with E-state index in [2.05, 4.69) is 6.92 Å². The molecule has 5 heteroatoms. The Kier molecular flexibility index (Phi) is 7.04. The summed E-state index contributed by atoms with van der Waals surface area (Å²) in [5.41, 5.74) is 0.997. The first-order valence-electron chi connectivity index (χ1n) is 11.6. The molecule has 0 unspecified atom stereocenters. The van der Waals surface area contributed by atoms with Gasteiger partial charge in [0, 0.05) is 0 Å². The van der Waals surface area contributed by atoms with Crippen LogP contribution in [0.15, 0.2) is 120 Å². The molecule has 0 spiro atoms. The van der Waals surface area contributed by atoms with Gasteiger partial charge in [0.25, 0.3) is 0 Å². The molecule has 4 aromatic rings. The van der Waals surface area contributed by atoms with Gasteiger partial charge in [-0.05, 0) is 0 Å². The molecule has 0 bridgehead atoms. The summed E-state index contributed by atoms with van der Waals surface area (Å²) in [7, 11) is -4.11. The number of hydrogen-bond donors (Lipinski definition) is 0. The van der Waals surface area contributed by atoms with Gasteiger partial charge in [0.05, 0.1) is 0 Å². The molecule has 4 aromatic carbocycles. The van der Waals surface area contributed by atoms with Crippen LogP contribution in [0.3, 0.4) is 0 Å². The third-order valence-corrected chi connectivity index (χ3v) is 14.7. The van der Waals surface area contributed by atoms with Crippen molar-refractivity contribution in [2.24, 2.45) is 0 Å². The van der Waals surface area contributed by atoms with Crippen molar-refractivity contribution in [3.8, 4) is 0 Å². The Morgan fingerprint density at radius 2 is 1.06 bits per heavy atom. The molecule has 4 rings (SSSR count). The van der Waals surface area contributed by atoms with Crippen LogP contribution < -0.4 is 15.9 Å². The van der Waals surface area contributed by atoms with Gasteiger partial charge in [0.15, 0.2) is 0 Å². The summed E-state index contributed by atoms with van der Waals surface area (Å²) in [5.74, 6) is 0. The van der Waals surface area contributed by atoms with Crippen LogP contribution in [0.25, 0.3) is 0 Å². The predicted molar refractivity (Wildman–Crippen MR) is 144 cm³/mol. The second-order valence-electron chi connectivity index (χ2n) is 8.64. The van der Waals surface area contributed by atoms with Crippen LogP contribution in [0.4, 0.5) is 0 Å². The molecular weight excluding hydrogens is 459 g/mol. The quantitative estimate of drug-likeness (QED) is 0.273. The second kappa shape index (κ2) is 9.84. The SMILES string of the molecule is CCCCP(OS(=O)(=O)c1ccc(C)cc1)(c1ccccc1)(c1ccccc1)c1ccccc1. The van der Waals surface area contributed by atoms with Gasteiger partial charge in [0.1, 0.15) is 0 Å². The molecule has 0 radical (unpaired) electrons. The molecule has 0 atom stereocenters. The van der Waals surface area contributed by atoms with Gasteiger partial charge >= 0.3 is 204 Å². The molecule has 0 saturated carbocycles. The number of hydrogen-bond acceptors (Lipinski definition) is 3. The minimum atomic E-state index is -4.11. The maximum absolute atomic E-state index is 14.1. The Labute approximate surface area is 203 Å². The number of benzene rings is 4. The van der Waals surface area contributed by atoms with Crippen LogP contribution in [0.5, 0.6) is 0 Å². The van der Waals surface area contributed by atoms with Crippen molar-refractivity contribution in [2.45, 2.75) is 31.6 Å². The number of rotatable bonds is 9. The van der Waals surface area contributed by atoms with Crippen LogP contribution in [-0.2, 0) is 14.1 Å². The van der Waals surface area contributed by atoms with E-state index in [0.29, 0.717) is 6.16 Å². The first-order chi connectivity index (χ1) is 16.4. The van der Waals surface area contributed by atoms with Crippen molar-refractivity contribution in [2.75, 3.05) is 6.16 Å². The van der Waals surface area contributed by atoms with Crippen LogP contribution in [0.1, 0.15) is 25.3 Å². The van der Waals surface area contributed by atoms with Gasteiger partial charge in [0.2, 0.25) is 0 Å².